The summed E-state index contributed by atoms with van der Waals surface area (Å²) in [6, 6.07) is 36.1. The summed E-state index contributed by atoms with van der Waals surface area (Å²) in [5.74, 6) is 0.913. The van der Waals surface area contributed by atoms with Gasteiger partial charge in [0.15, 0.2) is 0 Å². The van der Waals surface area contributed by atoms with E-state index in [-0.39, 0.29) is 0 Å². The Morgan fingerprint density at radius 1 is 0.836 bits per heavy atom. The molecule has 1 aliphatic heterocycles. The molecule has 3 aliphatic rings. The summed E-state index contributed by atoms with van der Waals surface area (Å²) in [7, 11) is 0. The Morgan fingerprint density at radius 3 is 2.52 bits per heavy atom. The van der Waals surface area contributed by atoms with Gasteiger partial charge in [-0.15, -0.1) is 17.1 Å². The number of hydrogen-bond acceptors (Lipinski definition) is 4. The fourth-order valence-corrected chi connectivity index (χ4v) is 10.8. The van der Waals surface area contributed by atoms with E-state index in [1.165, 1.54) is 81.9 Å². The molecule has 0 saturated carbocycles. The van der Waals surface area contributed by atoms with E-state index in [2.05, 4.69) is 181 Å². The summed E-state index contributed by atoms with van der Waals surface area (Å²) in [5.41, 5.74) is 26.0. The van der Waals surface area contributed by atoms with Gasteiger partial charge in [0.05, 0.1) is 11.7 Å². The first-order valence-electron chi connectivity index (χ1n) is 23.1. The zero-order valence-electron chi connectivity index (χ0n) is 37.5. The van der Waals surface area contributed by atoms with Crippen LogP contribution < -0.4 is 5.73 Å². The number of aliphatic imine (C=N–C) groups is 1. The molecule has 8 aromatic rings. The number of nitrogens with zero attached hydrogens (tertiary/aromatic N) is 2. The van der Waals surface area contributed by atoms with Crippen LogP contribution in [0.2, 0.25) is 0 Å². The topological polar surface area (TPSA) is 56.5 Å². The maximum absolute atomic E-state index is 6.57. The highest BCUT2D eigenvalue weighted by atomic mass is 32.1. The van der Waals surface area contributed by atoms with Crippen LogP contribution in [-0.4, -0.2) is 10.3 Å². The van der Waals surface area contributed by atoms with Crippen LogP contribution in [0.5, 0.6) is 0 Å². The smallest absolute Gasteiger partial charge is 0.135 e. The largest absolute Gasteiger partial charge is 0.456 e. The van der Waals surface area contributed by atoms with Crippen LogP contribution in [0.25, 0.3) is 87.7 Å². The van der Waals surface area contributed by atoms with Crippen LogP contribution in [0, 0.1) is 0 Å². The Balaban J connectivity index is 0.945. The fraction of sp³-hybridized carbons (Fsp3) is 0.0968. The standard InChI is InChI=1S/C62H49N3OS/c1-3-4-6-16-43(36-47-17-7-5-14-35-64-47)42-22-28-52-54-40-48(27-31-60(54)66-59(52)30-24-42)65-57-21-11-10-20-51(57)53-37-44(23-29-58(53)65)45-25-32-61-55(38-45)56-39-46(26-33-62(56)67-61)50-19-9-8-18-49(50)41(2)15-12-13-34-63/h4-9,11-13,15-19,21-27,29-35,37-40H,2-3,10,20,28,36,63H2,1H3/b6-4-,15-12-,34-13-,43-16+. The average molecular weight is 884 g/mol. The number of rotatable bonds is 11. The van der Waals surface area contributed by atoms with Gasteiger partial charge in [-0.25, -0.2) is 0 Å². The van der Waals surface area contributed by atoms with Crippen LogP contribution in [0.1, 0.15) is 54.3 Å². The van der Waals surface area contributed by atoms with Crippen molar-refractivity contribution in [3.8, 4) is 27.9 Å². The van der Waals surface area contributed by atoms with E-state index in [1.54, 1.807) is 6.20 Å². The minimum absolute atomic E-state index is 0.723. The van der Waals surface area contributed by atoms with Crippen LogP contribution in [0.15, 0.2) is 215 Å². The van der Waals surface area contributed by atoms with E-state index in [4.69, 9.17) is 10.2 Å². The number of furan rings is 1. The zero-order chi connectivity index (χ0) is 45.3. The quantitative estimate of drug-likeness (QED) is 0.104. The van der Waals surface area contributed by atoms with Crippen molar-refractivity contribution in [2.45, 2.75) is 39.0 Å². The molecule has 2 N–H and O–H groups in total. The predicted molar refractivity (Wildman–Crippen MR) is 288 cm³/mol. The summed E-state index contributed by atoms with van der Waals surface area (Å²) in [4.78, 5) is 4.64. The molecule has 0 radical (unpaired) electrons. The number of benzene rings is 5. The second-order valence-corrected chi connectivity index (χ2v) is 18.3. The summed E-state index contributed by atoms with van der Waals surface area (Å²) < 4.78 is 11.6. The summed E-state index contributed by atoms with van der Waals surface area (Å²) in [5, 5.41) is 5.00. The molecule has 0 atom stereocenters. The lowest BCUT2D eigenvalue weighted by Gasteiger charge is -2.12. The summed E-state index contributed by atoms with van der Waals surface area (Å²) in [6.07, 6.45) is 37.4. The van der Waals surface area contributed by atoms with Gasteiger partial charge < -0.3 is 14.7 Å². The Kier molecular flexibility index (Phi) is 11.3. The van der Waals surface area contributed by atoms with Crippen molar-refractivity contribution in [1.29, 1.82) is 0 Å². The molecule has 324 valence electrons. The second kappa shape index (κ2) is 18.1. The highest BCUT2D eigenvalue weighted by Gasteiger charge is 2.22. The molecule has 0 bridgehead atoms. The summed E-state index contributed by atoms with van der Waals surface area (Å²) in [6.45, 7) is 6.54. The molecule has 0 unspecified atom stereocenters. The monoisotopic (exact) mass is 883 g/mol. The zero-order valence-corrected chi connectivity index (χ0v) is 38.3. The lowest BCUT2D eigenvalue weighted by molar-refractivity contribution is 0.600. The first-order valence-corrected chi connectivity index (χ1v) is 23.9. The van der Waals surface area contributed by atoms with Gasteiger partial charge in [0.1, 0.15) is 11.3 Å². The highest BCUT2D eigenvalue weighted by Crippen LogP contribution is 2.42. The molecule has 5 aromatic carbocycles. The first-order chi connectivity index (χ1) is 33.0. The van der Waals surface area contributed by atoms with E-state index < -0.39 is 0 Å². The third-order valence-electron chi connectivity index (χ3n) is 13.1. The van der Waals surface area contributed by atoms with Crippen molar-refractivity contribution in [3.63, 3.8) is 0 Å². The molecule has 0 saturated heterocycles. The predicted octanol–water partition coefficient (Wildman–Crippen LogP) is 16.5. The second-order valence-electron chi connectivity index (χ2n) is 17.2. The molecule has 0 fully saturated rings. The SMILES string of the molecule is C=C(/C=C\C=C/N)c1ccccc1-c1ccc2sc3ccc(-c4ccc5c(c4)c4c(n5-c5ccc6oc7c(c6c5)CC=C(/C(=C/C=C\CC)CC5=NC=C=CC=C5)C=C7)C=CCC4)cc3c2c1. The molecule has 0 spiro atoms. The number of thiophene rings is 1. The van der Waals surface area contributed by atoms with Crippen LogP contribution in [0.4, 0.5) is 0 Å². The van der Waals surface area contributed by atoms with Gasteiger partial charge in [-0.1, -0.05) is 111 Å². The van der Waals surface area contributed by atoms with Gasteiger partial charge in [0, 0.05) is 60.0 Å². The third kappa shape index (κ3) is 7.99. The van der Waals surface area contributed by atoms with Gasteiger partial charge in [-0.2, -0.15) is 0 Å². The number of hydrogen-bond donors (Lipinski definition) is 1. The van der Waals surface area contributed by atoms with Crippen molar-refractivity contribution >= 4 is 76.8 Å². The van der Waals surface area contributed by atoms with E-state index in [1.807, 2.05) is 41.7 Å². The molecule has 4 nitrogen and oxygen atoms in total. The molecule has 3 aromatic heterocycles. The average Bonchev–Trinajstić information content (AvgIpc) is 3.86. The number of fused-ring (bicyclic) bond motifs is 9. The van der Waals surface area contributed by atoms with Crippen molar-refractivity contribution < 1.29 is 4.42 Å². The van der Waals surface area contributed by atoms with Crippen LogP contribution in [-0.2, 0) is 12.8 Å². The number of aromatic nitrogens is 1. The van der Waals surface area contributed by atoms with E-state index in [9.17, 15) is 0 Å². The number of nitrogens with two attached hydrogens (primary N) is 1. The van der Waals surface area contributed by atoms with Crippen molar-refractivity contribution in [2.75, 3.05) is 0 Å². The molecular formula is C62H49N3OS. The maximum atomic E-state index is 6.57. The molecule has 0 amide bonds. The normalized spacial score (nSPS) is 14.9. The number of aryl methyl sites for hydroxylation is 1. The van der Waals surface area contributed by atoms with E-state index >= 15 is 0 Å². The fourth-order valence-electron chi connectivity index (χ4n) is 9.78. The molecular weight excluding hydrogens is 835 g/mol. The number of allylic oxidation sites excluding steroid dienone is 15. The Labute approximate surface area is 395 Å². The lowest BCUT2D eigenvalue weighted by atomic mass is 9.93. The maximum Gasteiger partial charge on any atom is 0.135 e. The Bertz CT molecular complexity index is 3680. The molecule has 67 heavy (non-hydrogen) atoms. The molecule has 5 heteroatoms. The Morgan fingerprint density at radius 2 is 1.66 bits per heavy atom. The van der Waals surface area contributed by atoms with Crippen LogP contribution in [0.3, 0.4) is 0 Å². The van der Waals surface area contributed by atoms with Gasteiger partial charge >= 0.3 is 0 Å². The van der Waals surface area contributed by atoms with E-state index in [0.29, 0.717) is 0 Å². The minimum atomic E-state index is 0.723. The Hall–Kier alpha value is -7.95. The summed E-state index contributed by atoms with van der Waals surface area (Å²) >= 11 is 1.85. The van der Waals surface area contributed by atoms with E-state index in [0.717, 1.165) is 76.9 Å². The van der Waals surface area contributed by atoms with Crippen molar-refractivity contribution in [1.82, 2.24) is 4.57 Å². The third-order valence-corrected chi connectivity index (χ3v) is 14.2. The van der Waals surface area contributed by atoms with Gasteiger partial charge in [-0.3, -0.25) is 4.99 Å². The molecule has 11 rings (SSSR count). The first kappa shape index (κ1) is 41.7. The van der Waals surface area contributed by atoms with Crippen molar-refractivity contribution in [2.24, 2.45) is 10.7 Å². The van der Waals surface area contributed by atoms with Gasteiger partial charge in [0.2, 0.25) is 0 Å². The van der Waals surface area contributed by atoms with Gasteiger partial charge in [-0.05, 0) is 167 Å². The van der Waals surface area contributed by atoms with Crippen molar-refractivity contribution in [3.05, 3.63) is 234 Å². The molecule has 4 heterocycles. The van der Waals surface area contributed by atoms with Crippen LogP contribution >= 0.6 is 11.3 Å². The van der Waals surface area contributed by atoms with Gasteiger partial charge in [0.25, 0.3) is 0 Å². The lowest BCUT2D eigenvalue weighted by Crippen LogP contribution is -2.00. The molecule has 2 aliphatic carbocycles. The minimum Gasteiger partial charge on any atom is -0.456 e. The highest BCUT2D eigenvalue weighted by molar-refractivity contribution is 7.25.